The summed E-state index contributed by atoms with van der Waals surface area (Å²) in [6.07, 6.45) is -1.90. The van der Waals surface area contributed by atoms with E-state index in [1.54, 1.807) is 6.92 Å². The molecule has 0 atom stereocenters. The smallest absolute Gasteiger partial charge is 0.310 e. The van der Waals surface area contributed by atoms with E-state index in [0.717, 1.165) is 6.20 Å². The predicted octanol–water partition coefficient (Wildman–Crippen LogP) is 3.63. The van der Waals surface area contributed by atoms with E-state index in [2.05, 4.69) is 20.9 Å². The van der Waals surface area contributed by atoms with Crippen LogP contribution in [-0.2, 0) is 21.8 Å². The number of pyridine rings is 1. The topological polar surface area (TPSA) is 39.2 Å². The van der Waals surface area contributed by atoms with Crippen molar-refractivity contribution in [1.29, 1.82) is 0 Å². The van der Waals surface area contributed by atoms with E-state index >= 15 is 0 Å². The Labute approximate surface area is 117 Å². The fourth-order valence-electron chi connectivity index (χ4n) is 1.40. The summed E-state index contributed by atoms with van der Waals surface area (Å²) >= 11 is 8.79. The van der Waals surface area contributed by atoms with Crippen LogP contribution in [0.3, 0.4) is 0 Å². The van der Waals surface area contributed by atoms with Crippen LogP contribution in [-0.4, -0.2) is 17.6 Å². The molecule has 0 aromatic carbocycles. The molecule has 1 aromatic rings. The molecule has 7 heteroatoms. The molecule has 0 amide bonds. The zero-order valence-corrected chi connectivity index (χ0v) is 11.9. The molecule has 1 aromatic heterocycles. The molecule has 0 N–H and O–H groups in total. The third kappa shape index (κ3) is 3.62. The first-order valence-corrected chi connectivity index (χ1v) is 6.49. The first-order valence-electron chi connectivity index (χ1n) is 5.17. The Kier molecular flexibility index (Phi) is 5.95. The molecule has 1 rings (SSSR count). The van der Waals surface area contributed by atoms with Crippen molar-refractivity contribution < 1.29 is 18.3 Å². The zero-order chi connectivity index (χ0) is 13.7. The maximum absolute atomic E-state index is 12.8. The van der Waals surface area contributed by atoms with E-state index in [4.69, 9.17) is 16.3 Å². The van der Waals surface area contributed by atoms with E-state index in [-0.39, 0.29) is 30.0 Å². The molecule has 0 aliphatic rings. The molecule has 3 nitrogen and oxygen atoms in total. The van der Waals surface area contributed by atoms with Crippen molar-refractivity contribution >= 4 is 33.5 Å². The lowest BCUT2D eigenvalue weighted by molar-refractivity contribution is -0.142. The number of aromatic nitrogens is 1. The third-order valence-electron chi connectivity index (χ3n) is 2.21. The fourth-order valence-corrected chi connectivity index (χ4v) is 2.38. The molecule has 0 aliphatic heterocycles. The monoisotopic (exact) mass is 341 g/mol. The zero-order valence-electron chi connectivity index (χ0n) is 9.55. The van der Waals surface area contributed by atoms with Gasteiger partial charge in [0.25, 0.3) is 6.43 Å². The first-order chi connectivity index (χ1) is 8.51. The largest absolute Gasteiger partial charge is 0.466 e. The second-order valence-corrected chi connectivity index (χ2v) is 4.43. The van der Waals surface area contributed by atoms with Crippen LogP contribution in [0.1, 0.15) is 30.2 Å². The summed E-state index contributed by atoms with van der Waals surface area (Å²) in [6, 6.07) is 0. The van der Waals surface area contributed by atoms with Gasteiger partial charge in [0, 0.05) is 16.2 Å². The molecule has 0 aliphatic carbocycles. The number of nitrogens with zero attached hydrogens (tertiary/aromatic N) is 1. The normalized spacial score (nSPS) is 10.8. The summed E-state index contributed by atoms with van der Waals surface area (Å²) in [5.41, 5.74) is 0.304. The fraction of sp³-hybridized carbons (Fsp3) is 0.455. The van der Waals surface area contributed by atoms with Gasteiger partial charge in [-0.2, -0.15) is 0 Å². The van der Waals surface area contributed by atoms with Crippen molar-refractivity contribution in [1.82, 2.24) is 4.98 Å². The number of halogens is 4. The number of esters is 1. The predicted molar refractivity (Wildman–Crippen MR) is 66.8 cm³/mol. The van der Waals surface area contributed by atoms with Gasteiger partial charge in [-0.25, -0.2) is 8.78 Å². The highest BCUT2D eigenvalue weighted by molar-refractivity contribution is 9.10. The van der Waals surface area contributed by atoms with Gasteiger partial charge in [0.1, 0.15) is 0 Å². The van der Waals surface area contributed by atoms with E-state index in [0.29, 0.717) is 10.2 Å². The molecule has 1 heterocycles. The summed E-state index contributed by atoms with van der Waals surface area (Å²) in [4.78, 5) is 15.2. The average Bonchev–Trinajstić information content (AvgIpc) is 2.31. The van der Waals surface area contributed by atoms with Gasteiger partial charge in [0.2, 0.25) is 0 Å². The maximum Gasteiger partial charge on any atom is 0.310 e. The Morgan fingerprint density at radius 1 is 1.61 bits per heavy atom. The van der Waals surface area contributed by atoms with Crippen molar-refractivity contribution in [2.45, 2.75) is 25.7 Å². The van der Waals surface area contributed by atoms with Crippen molar-refractivity contribution in [2.24, 2.45) is 0 Å². The molecule has 0 fully saturated rings. The van der Waals surface area contributed by atoms with Crippen LogP contribution in [0.5, 0.6) is 0 Å². The van der Waals surface area contributed by atoms with Crippen molar-refractivity contribution in [3.05, 3.63) is 27.5 Å². The van der Waals surface area contributed by atoms with Crippen LogP contribution in [0.4, 0.5) is 8.78 Å². The van der Waals surface area contributed by atoms with Gasteiger partial charge < -0.3 is 4.74 Å². The summed E-state index contributed by atoms with van der Waals surface area (Å²) < 4.78 is 30.8. The second kappa shape index (κ2) is 6.99. The molecule has 0 unspecified atom stereocenters. The van der Waals surface area contributed by atoms with Crippen LogP contribution in [0.15, 0.2) is 10.7 Å². The summed E-state index contributed by atoms with van der Waals surface area (Å²) in [5.74, 6) is -0.494. The quantitative estimate of drug-likeness (QED) is 0.606. The Hall–Kier alpha value is -0.750. The van der Waals surface area contributed by atoms with Crippen LogP contribution in [0, 0.1) is 0 Å². The number of hydrogen-bond acceptors (Lipinski definition) is 3. The molecule has 0 spiro atoms. The Morgan fingerprint density at radius 3 is 2.78 bits per heavy atom. The van der Waals surface area contributed by atoms with Gasteiger partial charge in [-0.15, -0.1) is 11.6 Å². The number of rotatable bonds is 5. The standard InChI is InChI=1S/C11H11BrClF2NO2/c1-2-18-9(17)3-6-7(11(14)15)5-16-8(4-13)10(6)12/h5,11H,2-4H2,1H3. The number of alkyl halides is 3. The van der Waals surface area contributed by atoms with Gasteiger partial charge in [0.05, 0.1) is 24.6 Å². The molecular formula is C11H11BrClF2NO2. The summed E-state index contributed by atoms with van der Waals surface area (Å²) in [5, 5.41) is 0. The van der Waals surface area contributed by atoms with Crippen molar-refractivity contribution in [2.75, 3.05) is 6.61 Å². The highest BCUT2D eigenvalue weighted by Gasteiger charge is 2.21. The van der Waals surface area contributed by atoms with Crippen LogP contribution in [0.25, 0.3) is 0 Å². The molecule has 0 saturated carbocycles. The van der Waals surface area contributed by atoms with Crippen LogP contribution >= 0.6 is 27.5 Å². The van der Waals surface area contributed by atoms with Crippen molar-refractivity contribution in [3.8, 4) is 0 Å². The maximum atomic E-state index is 12.8. The van der Waals surface area contributed by atoms with Crippen molar-refractivity contribution in [3.63, 3.8) is 0 Å². The number of hydrogen-bond donors (Lipinski definition) is 0. The molecule has 0 radical (unpaired) electrons. The van der Waals surface area contributed by atoms with E-state index < -0.39 is 12.4 Å². The Balaban J connectivity index is 3.15. The van der Waals surface area contributed by atoms with Gasteiger partial charge in [-0.05, 0) is 28.4 Å². The molecule has 0 bridgehead atoms. The van der Waals surface area contributed by atoms with Crippen LogP contribution in [0.2, 0.25) is 0 Å². The number of ether oxygens (including phenoxy) is 1. The molecule has 18 heavy (non-hydrogen) atoms. The highest BCUT2D eigenvalue weighted by Crippen LogP contribution is 2.31. The average molecular weight is 343 g/mol. The van der Waals surface area contributed by atoms with Gasteiger partial charge in [0.15, 0.2) is 0 Å². The van der Waals surface area contributed by atoms with Gasteiger partial charge in [-0.3, -0.25) is 9.78 Å². The van der Waals surface area contributed by atoms with Crippen LogP contribution < -0.4 is 0 Å². The summed E-state index contributed by atoms with van der Waals surface area (Å²) in [6.45, 7) is 1.85. The minimum atomic E-state index is -2.71. The lowest BCUT2D eigenvalue weighted by atomic mass is 10.1. The Morgan fingerprint density at radius 2 is 2.28 bits per heavy atom. The summed E-state index contributed by atoms with van der Waals surface area (Å²) in [7, 11) is 0. The highest BCUT2D eigenvalue weighted by atomic mass is 79.9. The first kappa shape index (κ1) is 15.3. The molecule has 0 saturated heterocycles. The van der Waals surface area contributed by atoms with E-state index in [1.807, 2.05) is 0 Å². The van der Waals surface area contributed by atoms with E-state index in [1.165, 1.54) is 0 Å². The van der Waals surface area contributed by atoms with Gasteiger partial charge in [-0.1, -0.05) is 0 Å². The lowest BCUT2D eigenvalue weighted by Gasteiger charge is -2.12. The number of carbonyl (C=O) groups excluding carboxylic acids is 1. The minimum absolute atomic E-state index is 0.0694. The lowest BCUT2D eigenvalue weighted by Crippen LogP contribution is -2.11. The molecule has 100 valence electrons. The van der Waals surface area contributed by atoms with E-state index in [9.17, 15) is 13.6 Å². The Bertz CT molecular complexity index is 443. The van der Waals surface area contributed by atoms with Gasteiger partial charge >= 0.3 is 5.97 Å². The molecular weight excluding hydrogens is 331 g/mol. The number of carbonyl (C=O) groups is 1. The minimum Gasteiger partial charge on any atom is -0.466 e. The second-order valence-electron chi connectivity index (χ2n) is 3.37. The third-order valence-corrected chi connectivity index (χ3v) is 3.40. The SMILES string of the molecule is CCOC(=O)Cc1c(C(F)F)cnc(CCl)c1Br.